The van der Waals surface area contributed by atoms with Crippen molar-refractivity contribution in [2.24, 2.45) is 23.1 Å². The van der Waals surface area contributed by atoms with Crippen molar-refractivity contribution in [1.29, 1.82) is 0 Å². The van der Waals surface area contributed by atoms with E-state index in [0.29, 0.717) is 19.4 Å². The highest BCUT2D eigenvalue weighted by Gasteiger charge is 2.27. The summed E-state index contributed by atoms with van der Waals surface area (Å²) in [5, 5.41) is 16.4. The van der Waals surface area contributed by atoms with Crippen LogP contribution in [0.1, 0.15) is 52.4 Å². The first-order chi connectivity index (χ1) is 14.5. The summed E-state index contributed by atoms with van der Waals surface area (Å²) in [6.07, 6.45) is 1.70. The molecule has 12 heteroatoms. The minimum atomic E-state index is -1.21. The molecule has 0 rings (SSSR count). The van der Waals surface area contributed by atoms with Gasteiger partial charge in [-0.25, -0.2) is 4.79 Å². The van der Waals surface area contributed by atoms with Gasteiger partial charge in [0.15, 0.2) is 0 Å². The number of carboxylic acids is 1. The highest BCUT2D eigenvalue weighted by molar-refractivity contribution is 5.92. The molecule has 3 atom stereocenters. The van der Waals surface area contributed by atoms with Crippen molar-refractivity contribution >= 4 is 29.6 Å². The molecule has 12 nitrogen and oxygen atoms in total. The van der Waals surface area contributed by atoms with Crippen molar-refractivity contribution in [3.05, 3.63) is 0 Å². The summed E-state index contributed by atoms with van der Waals surface area (Å²) < 4.78 is 0. The molecule has 10 N–H and O–H groups in total. The molecule has 0 aliphatic rings. The third kappa shape index (κ3) is 13.2. The van der Waals surface area contributed by atoms with Crippen LogP contribution in [0.5, 0.6) is 0 Å². The van der Waals surface area contributed by atoms with Gasteiger partial charge in [0, 0.05) is 6.42 Å². The van der Waals surface area contributed by atoms with Crippen molar-refractivity contribution in [1.82, 2.24) is 16.0 Å². The topological polar surface area (TPSA) is 220 Å². The first kappa shape index (κ1) is 28.3. The standard InChI is InChI=1S/C19H36N6O6/c1-11(2)9-14(19(30)31)25-18(29)13(6-7-15(22)26)24-16(27)10-23-17(28)12(21)5-3-4-8-20/h11-14H,3-10,20-21H2,1-2H3,(H2,22,26)(H,23,28)(H,24,27)(H,25,29)(H,30,31). The Morgan fingerprint density at radius 3 is 2.10 bits per heavy atom. The smallest absolute Gasteiger partial charge is 0.326 e. The SMILES string of the molecule is CC(C)CC(NC(=O)C(CCC(N)=O)NC(=O)CNC(=O)C(N)CCCCN)C(=O)O. The lowest BCUT2D eigenvalue weighted by Crippen LogP contribution is -2.54. The number of unbranched alkanes of at least 4 members (excludes halogenated alkanes) is 1. The van der Waals surface area contributed by atoms with E-state index in [2.05, 4.69) is 16.0 Å². The van der Waals surface area contributed by atoms with Gasteiger partial charge in [-0.15, -0.1) is 0 Å². The van der Waals surface area contributed by atoms with E-state index in [1.54, 1.807) is 13.8 Å². The van der Waals surface area contributed by atoms with Gasteiger partial charge in [0.05, 0.1) is 12.6 Å². The molecule has 0 saturated carbocycles. The van der Waals surface area contributed by atoms with Crippen LogP contribution in [0.3, 0.4) is 0 Å². The fraction of sp³-hybridized carbons (Fsp3) is 0.737. The number of carboxylic acid groups (broad SMARTS) is 1. The van der Waals surface area contributed by atoms with Crippen LogP contribution in [0, 0.1) is 5.92 Å². The second kappa shape index (κ2) is 15.1. The summed E-state index contributed by atoms with van der Waals surface area (Å²) in [5.41, 5.74) is 16.2. The van der Waals surface area contributed by atoms with Crippen molar-refractivity contribution in [2.75, 3.05) is 13.1 Å². The van der Waals surface area contributed by atoms with E-state index in [0.717, 1.165) is 6.42 Å². The zero-order valence-electron chi connectivity index (χ0n) is 18.2. The summed E-state index contributed by atoms with van der Waals surface area (Å²) in [4.78, 5) is 59.1. The minimum Gasteiger partial charge on any atom is -0.480 e. The van der Waals surface area contributed by atoms with Gasteiger partial charge in [0.1, 0.15) is 12.1 Å². The van der Waals surface area contributed by atoms with E-state index < -0.39 is 54.3 Å². The van der Waals surface area contributed by atoms with Crippen LogP contribution < -0.4 is 33.2 Å². The number of hydrogen-bond acceptors (Lipinski definition) is 7. The number of aliphatic carboxylic acids is 1. The van der Waals surface area contributed by atoms with Gasteiger partial charge in [-0.1, -0.05) is 20.3 Å². The van der Waals surface area contributed by atoms with Crippen molar-refractivity contribution in [2.45, 2.75) is 70.5 Å². The van der Waals surface area contributed by atoms with Crippen molar-refractivity contribution in [3.8, 4) is 0 Å². The van der Waals surface area contributed by atoms with Crippen LogP contribution in [0.4, 0.5) is 0 Å². The summed E-state index contributed by atoms with van der Waals surface area (Å²) in [6, 6.07) is -3.13. The van der Waals surface area contributed by atoms with Crippen molar-refractivity contribution < 1.29 is 29.1 Å². The Hall–Kier alpha value is -2.73. The molecule has 0 heterocycles. The Morgan fingerprint density at radius 1 is 0.935 bits per heavy atom. The van der Waals surface area contributed by atoms with Crippen LogP contribution in [0.2, 0.25) is 0 Å². The number of carbonyl (C=O) groups excluding carboxylic acids is 4. The van der Waals surface area contributed by atoms with E-state index in [1.165, 1.54) is 0 Å². The quantitative estimate of drug-likeness (QED) is 0.131. The highest BCUT2D eigenvalue weighted by Crippen LogP contribution is 2.06. The van der Waals surface area contributed by atoms with Crippen LogP contribution in [0.15, 0.2) is 0 Å². The fourth-order valence-corrected chi connectivity index (χ4v) is 2.70. The van der Waals surface area contributed by atoms with Gasteiger partial charge < -0.3 is 38.3 Å². The Morgan fingerprint density at radius 2 is 1.58 bits per heavy atom. The van der Waals surface area contributed by atoms with Gasteiger partial charge in [-0.3, -0.25) is 19.2 Å². The zero-order chi connectivity index (χ0) is 24.0. The normalized spacial score (nSPS) is 13.7. The van der Waals surface area contributed by atoms with Crippen molar-refractivity contribution in [3.63, 3.8) is 0 Å². The first-order valence-electron chi connectivity index (χ1n) is 10.3. The van der Waals surface area contributed by atoms with E-state index in [4.69, 9.17) is 17.2 Å². The van der Waals surface area contributed by atoms with Crippen LogP contribution >= 0.6 is 0 Å². The number of hydrogen-bond donors (Lipinski definition) is 7. The number of primary amides is 1. The summed E-state index contributed by atoms with van der Waals surface area (Å²) in [7, 11) is 0. The second-order valence-electron chi connectivity index (χ2n) is 7.76. The first-order valence-corrected chi connectivity index (χ1v) is 10.3. The minimum absolute atomic E-state index is 0.00401. The molecule has 0 aromatic carbocycles. The highest BCUT2D eigenvalue weighted by atomic mass is 16.4. The van der Waals surface area contributed by atoms with E-state index in [9.17, 15) is 29.1 Å². The second-order valence-corrected chi connectivity index (χ2v) is 7.76. The zero-order valence-corrected chi connectivity index (χ0v) is 18.2. The van der Waals surface area contributed by atoms with Gasteiger partial charge in [-0.2, -0.15) is 0 Å². The van der Waals surface area contributed by atoms with Crippen LogP contribution in [-0.4, -0.2) is 65.9 Å². The molecule has 31 heavy (non-hydrogen) atoms. The van der Waals surface area contributed by atoms with Gasteiger partial charge in [0.25, 0.3) is 0 Å². The molecule has 178 valence electrons. The summed E-state index contributed by atoms with van der Waals surface area (Å²) >= 11 is 0. The van der Waals surface area contributed by atoms with Gasteiger partial charge >= 0.3 is 5.97 Å². The lowest BCUT2D eigenvalue weighted by Gasteiger charge is -2.22. The number of nitrogens with one attached hydrogen (secondary N) is 3. The molecule has 0 aliphatic heterocycles. The Labute approximate surface area is 182 Å². The van der Waals surface area contributed by atoms with Gasteiger partial charge in [-0.05, 0) is 38.1 Å². The molecule has 4 amide bonds. The molecule has 0 aliphatic carbocycles. The molecular formula is C19H36N6O6. The lowest BCUT2D eigenvalue weighted by molar-refractivity contribution is -0.142. The van der Waals surface area contributed by atoms with E-state index >= 15 is 0 Å². The molecule has 0 radical (unpaired) electrons. The lowest BCUT2D eigenvalue weighted by atomic mass is 10.0. The largest absolute Gasteiger partial charge is 0.480 e. The average Bonchev–Trinajstić information content (AvgIpc) is 2.67. The van der Waals surface area contributed by atoms with E-state index in [1.807, 2.05) is 0 Å². The molecule has 0 bridgehead atoms. The van der Waals surface area contributed by atoms with E-state index in [-0.39, 0.29) is 25.2 Å². The molecule has 0 saturated heterocycles. The molecular weight excluding hydrogens is 408 g/mol. The number of carbonyl (C=O) groups is 5. The number of rotatable bonds is 16. The van der Waals surface area contributed by atoms with Crippen LogP contribution in [-0.2, 0) is 24.0 Å². The Bertz CT molecular complexity index is 627. The maximum absolute atomic E-state index is 12.5. The summed E-state index contributed by atoms with van der Waals surface area (Å²) in [5.74, 6) is -3.86. The predicted octanol–water partition coefficient (Wildman–Crippen LogP) is -2.08. The molecule has 0 aromatic rings. The third-order valence-corrected chi connectivity index (χ3v) is 4.38. The Kier molecular flexibility index (Phi) is 13.8. The monoisotopic (exact) mass is 444 g/mol. The van der Waals surface area contributed by atoms with Gasteiger partial charge in [0.2, 0.25) is 23.6 Å². The molecule has 0 aromatic heterocycles. The molecule has 0 spiro atoms. The Balaban J connectivity index is 4.88. The maximum Gasteiger partial charge on any atom is 0.326 e. The fourth-order valence-electron chi connectivity index (χ4n) is 2.70. The third-order valence-electron chi connectivity index (χ3n) is 4.38. The number of nitrogens with two attached hydrogens (primary N) is 3. The average molecular weight is 445 g/mol. The molecule has 3 unspecified atom stereocenters. The maximum atomic E-state index is 12.5. The summed E-state index contributed by atoms with van der Waals surface area (Å²) in [6.45, 7) is 3.67. The van der Waals surface area contributed by atoms with Crippen LogP contribution in [0.25, 0.3) is 0 Å². The number of amides is 4. The molecule has 0 fully saturated rings. The predicted molar refractivity (Wildman–Crippen MR) is 113 cm³/mol.